The predicted octanol–water partition coefficient (Wildman–Crippen LogP) is 4.26. The van der Waals surface area contributed by atoms with Gasteiger partial charge in [0.25, 0.3) is 0 Å². The van der Waals surface area contributed by atoms with Crippen molar-refractivity contribution < 1.29 is 9.90 Å². The minimum absolute atomic E-state index is 0.0412. The Bertz CT molecular complexity index is 390. The topological polar surface area (TPSA) is 49.3 Å². The van der Waals surface area contributed by atoms with Crippen LogP contribution in [0.5, 0.6) is 0 Å². The summed E-state index contributed by atoms with van der Waals surface area (Å²) in [4.78, 5) is 11.8. The highest BCUT2D eigenvalue weighted by atomic mass is 16.3. The van der Waals surface area contributed by atoms with E-state index in [-0.39, 0.29) is 12.5 Å². The van der Waals surface area contributed by atoms with Gasteiger partial charge >= 0.3 is 0 Å². The number of hydrogen-bond acceptors (Lipinski definition) is 2. The average Bonchev–Trinajstić information content (AvgIpc) is 2.47. The van der Waals surface area contributed by atoms with Crippen LogP contribution in [0.4, 0.5) is 5.69 Å². The number of aliphatic hydroxyl groups excluding tert-OH is 1. The third-order valence-corrected chi connectivity index (χ3v) is 3.47. The van der Waals surface area contributed by atoms with Crippen LogP contribution < -0.4 is 5.32 Å². The van der Waals surface area contributed by atoms with Gasteiger partial charge in [-0.1, -0.05) is 63.6 Å². The van der Waals surface area contributed by atoms with Crippen molar-refractivity contribution in [2.75, 3.05) is 5.32 Å². The molecule has 0 bridgehead atoms. The predicted molar refractivity (Wildman–Crippen MR) is 83.6 cm³/mol. The van der Waals surface area contributed by atoms with E-state index in [2.05, 4.69) is 12.2 Å². The second kappa shape index (κ2) is 10.4. The van der Waals surface area contributed by atoms with E-state index in [0.717, 1.165) is 24.1 Å². The number of nitrogens with one attached hydrogen (secondary N) is 1. The first-order valence-electron chi connectivity index (χ1n) is 7.76. The number of rotatable bonds is 10. The molecule has 0 aliphatic carbocycles. The number of carbonyl (C=O) groups is 1. The highest BCUT2D eigenvalue weighted by Crippen LogP contribution is 2.15. The molecule has 1 aromatic rings. The largest absolute Gasteiger partial charge is 0.392 e. The third kappa shape index (κ3) is 6.71. The molecular formula is C17H27NO2. The monoisotopic (exact) mass is 277 g/mol. The van der Waals surface area contributed by atoms with Gasteiger partial charge in [0.1, 0.15) is 0 Å². The van der Waals surface area contributed by atoms with Gasteiger partial charge in [-0.25, -0.2) is 0 Å². The zero-order valence-corrected chi connectivity index (χ0v) is 12.5. The standard InChI is InChI=1S/C17H27NO2/c1-2-3-4-5-6-7-8-13-17(20)18-16-12-10-9-11-15(16)14-19/h9-12,19H,2-8,13-14H2,1H3,(H,18,20). The van der Waals surface area contributed by atoms with Gasteiger partial charge in [0, 0.05) is 17.7 Å². The normalized spacial score (nSPS) is 10.5. The van der Waals surface area contributed by atoms with Crippen LogP contribution >= 0.6 is 0 Å². The van der Waals surface area contributed by atoms with Crippen molar-refractivity contribution in [3.05, 3.63) is 29.8 Å². The maximum atomic E-state index is 11.8. The summed E-state index contributed by atoms with van der Waals surface area (Å²) in [5.74, 6) is 0.0412. The summed E-state index contributed by atoms with van der Waals surface area (Å²) in [5.41, 5.74) is 1.49. The summed E-state index contributed by atoms with van der Waals surface area (Å²) >= 11 is 0. The molecule has 3 nitrogen and oxygen atoms in total. The van der Waals surface area contributed by atoms with Gasteiger partial charge in [-0.05, 0) is 12.5 Å². The number of hydrogen-bond donors (Lipinski definition) is 2. The molecule has 0 fully saturated rings. The molecule has 0 saturated carbocycles. The van der Waals surface area contributed by atoms with E-state index >= 15 is 0 Å². The number of carbonyl (C=O) groups excluding carboxylic acids is 1. The number of amides is 1. The zero-order valence-electron chi connectivity index (χ0n) is 12.5. The van der Waals surface area contributed by atoms with Gasteiger partial charge in [0.15, 0.2) is 0 Å². The Kier molecular flexibility index (Phi) is 8.72. The number of para-hydroxylation sites is 1. The molecule has 0 aliphatic rings. The Morgan fingerprint density at radius 2 is 1.70 bits per heavy atom. The molecule has 3 heteroatoms. The lowest BCUT2D eigenvalue weighted by Gasteiger charge is -2.09. The highest BCUT2D eigenvalue weighted by molar-refractivity contribution is 5.91. The molecule has 0 unspecified atom stereocenters. The number of aliphatic hydroxyl groups is 1. The lowest BCUT2D eigenvalue weighted by atomic mass is 10.1. The summed E-state index contributed by atoms with van der Waals surface area (Å²) in [6.45, 7) is 2.17. The second-order valence-corrected chi connectivity index (χ2v) is 5.23. The van der Waals surface area contributed by atoms with Gasteiger partial charge < -0.3 is 10.4 Å². The Morgan fingerprint density at radius 3 is 2.40 bits per heavy atom. The molecule has 1 aromatic carbocycles. The van der Waals surface area contributed by atoms with Crippen LogP contribution in [0.2, 0.25) is 0 Å². The first-order valence-corrected chi connectivity index (χ1v) is 7.76. The van der Waals surface area contributed by atoms with E-state index in [9.17, 15) is 9.90 Å². The van der Waals surface area contributed by atoms with Gasteiger partial charge in [-0.2, -0.15) is 0 Å². The van der Waals surface area contributed by atoms with E-state index in [4.69, 9.17) is 0 Å². The Labute approximate surface area is 122 Å². The molecule has 1 amide bonds. The molecule has 0 radical (unpaired) electrons. The fourth-order valence-corrected chi connectivity index (χ4v) is 2.24. The summed E-state index contributed by atoms with van der Waals surface area (Å²) < 4.78 is 0. The summed E-state index contributed by atoms with van der Waals surface area (Å²) in [5, 5.41) is 12.1. The van der Waals surface area contributed by atoms with E-state index in [1.54, 1.807) is 0 Å². The molecule has 0 saturated heterocycles. The van der Waals surface area contributed by atoms with Crippen molar-refractivity contribution in [1.29, 1.82) is 0 Å². The van der Waals surface area contributed by atoms with Crippen LogP contribution in [-0.2, 0) is 11.4 Å². The van der Waals surface area contributed by atoms with Gasteiger partial charge in [0.05, 0.1) is 6.61 Å². The van der Waals surface area contributed by atoms with Crippen molar-refractivity contribution in [3.8, 4) is 0 Å². The maximum absolute atomic E-state index is 11.8. The van der Waals surface area contributed by atoms with E-state index in [1.807, 2.05) is 24.3 Å². The maximum Gasteiger partial charge on any atom is 0.224 e. The molecule has 1 rings (SSSR count). The van der Waals surface area contributed by atoms with Crippen LogP contribution in [0, 0.1) is 0 Å². The van der Waals surface area contributed by atoms with Gasteiger partial charge in [0.2, 0.25) is 5.91 Å². The molecule has 0 aromatic heterocycles. The Balaban J connectivity index is 2.17. The molecule has 112 valence electrons. The van der Waals surface area contributed by atoms with Crippen LogP contribution in [-0.4, -0.2) is 11.0 Å². The second-order valence-electron chi connectivity index (χ2n) is 5.23. The van der Waals surface area contributed by atoms with Crippen molar-refractivity contribution in [2.45, 2.75) is 64.9 Å². The van der Waals surface area contributed by atoms with Crippen LogP contribution in [0.1, 0.15) is 63.9 Å². The lowest BCUT2D eigenvalue weighted by Crippen LogP contribution is -2.12. The molecule has 0 aliphatic heterocycles. The Hall–Kier alpha value is -1.35. The van der Waals surface area contributed by atoms with Crippen molar-refractivity contribution in [3.63, 3.8) is 0 Å². The summed E-state index contributed by atoms with van der Waals surface area (Å²) in [6.07, 6.45) is 9.03. The van der Waals surface area contributed by atoms with E-state index in [0.29, 0.717) is 6.42 Å². The number of unbranched alkanes of at least 4 members (excludes halogenated alkanes) is 6. The summed E-state index contributed by atoms with van der Waals surface area (Å²) in [6, 6.07) is 7.37. The molecule has 2 N–H and O–H groups in total. The lowest BCUT2D eigenvalue weighted by molar-refractivity contribution is -0.116. The molecule has 20 heavy (non-hydrogen) atoms. The molecule has 0 atom stereocenters. The Morgan fingerprint density at radius 1 is 1.05 bits per heavy atom. The zero-order chi connectivity index (χ0) is 14.6. The smallest absolute Gasteiger partial charge is 0.224 e. The van der Waals surface area contributed by atoms with Gasteiger partial charge in [-0.15, -0.1) is 0 Å². The third-order valence-electron chi connectivity index (χ3n) is 3.47. The van der Waals surface area contributed by atoms with Crippen LogP contribution in [0.15, 0.2) is 24.3 Å². The van der Waals surface area contributed by atoms with Crippen molar-refractivity contribution in [2.24, 2.45) is 0 Å². The SMILES string of the molecule is CCCCCCCCCC(=O)Nc1ccccc1CO. The molecule has 0 spiro atoms. The van der Waals surface area contributed by atoms with Crippen LogP contribution in [0.3, 0.4) is 0 Å². The highest BCUT2D eigenvalue weighted by Gasteiger charge is 2.05. The fraction of sp³-hybridized carbons (Fsp3) is 0.588. The van der Waals surface area contributed by atoms with Gasteiger partial charge in [-0.3, -0.25) is 4.79 Å². The number of anilines is 1. The first-order chi connectivity index (χ1) is 9.77. The fourth-order valence-electron chi connectivity index (χ4n) is 2.24. The average molecular weight is 277 g/mol. The van der Waals surface area contributed by atoms with E-state index in [1.165, 1.54) is 32.1 Å². The first kappa shape index (κ1) is 16.7. The van der Waals surface area contributed by atoms with Crippen molar-refractivity contribution in [1.82, 2.24) is 0 Å². The summed E-state index contributed by atoms with van der Waals surface area (Å²) in [7, 11) is 0. The minimum atomic E-state index is -0.0477. The quantitative estimate of drug-likeness (QED) is 0.628. The molecular weight excluding hydrogens is 250 g/mol. The minimum Gasteiger partial charge on any atom is -0.392 e. The number of benzene rings is 1. The molecule has 0 heterocycles. The van der Waals surface area contributed by atoms with Crippen molar-refractivity contribution >= 4 is 11.6 Å². The van der Waals surface area contributed by atoms with Crippen LogP contribution in [0.25, 0.3) is 0 Å². The van der Waals surface area contributed by atoms with E-state index < -0.39 is 0 Å².